The van der Waals surface area contributed by atoms with E-state index in [0.717, 1.165) is 6.42 Å². The van der Waals surface area contributed by atoms with E-state index in [1.54, 1.807) is 24.4 Å². The Morgan fingerprint density at radius 2 is 1.88 bits per heavy atom. The molecule has 5 heteroatoms. The monoisotopic (exact) mass is 327 g/mol. The second kappa shape index (κ2) is 6.74. The van der Waals surface area contributed by atoms with E-state index in [1.165, 1.54) is 19.2 Å². The van der Waals surface area contributed by atoms with Gasteiger partial charge in [0.05, 0.1) is 24.6 Å². The number of rotatable bonds is 5. The zero-order chi connectivity index (χ0) is 17.1. The molecule has 0 atom stereocenters. The quantitative estimate of drug-likeness (QED) is 0.766. The topological polar surface area (TPSA) is 51.3 Å². The number of aromatic nitrogens is 1. The Bertz CT molecular complexity index is 934. The third-order valence-corrected chi connectivity index (χ3v) is 3.81. The number of aromatic amines is 1. The van der Waals surface area contributed by atoms with Crippen molar-refractivity contribution < 1.29 is 13.9 Å². The van der Waals surface area contributed by atoms with Crippen LogP contribution >= 0.6 is 0 Å². The zero-order valence-electron chi connectivity index (χ0n) is 13.6. The van der Waals surface area contributed by atoms with Crippen molar-refractivity contribution in [3.8, 4) is 22.6 Å². The van der Waals surface area contributed by atoms with Crippen LogP contribution in [-0.2, 0) is 0 Å². The van der Waals surface area contributed by atoms with Gasteiger partial charge in [-0.2, -0.15) is 0 Å². The molecule has 1 aromatic heterocycles. The number of H-pyrrole nitrogens is 1. The van der Waals surface area contributed by atoms with Gasteiger partial charge in [0.1, 0.15) is 17.3 Å². The van der Waals surface area contributed by atoms with Crippen molar-refractivity contribution in [2.75, 3.05) is 13.7 Å². The van der Waals surface area contributed by atoms with Gasteiger partial charge in [0, 0.05) is 17.3 Å². The summed E-state index contributed by atoms with van der Waals surface area (Å²) >= 11 is 0. The Kier molecular flexibility index (Phi) is 4.51. The molecule has 4 nitrogen and oxygen atoms in total. The molecule has 0 spiro atoms. The Balaban J connectivity index is 2.25. The summed E-state index contributed by atoms with van der Waals surface area (Å²) in [6, 6.07) is 9.94. The van der Waals surface area contributed by atoms with E-state index < -0.39 is 11.2 Å². The Hall–Kier alpha value is -2.82. The van der Waals surface area contributed by atoms with E-state index >= 15 is 0 Å². The number of ether oxygens (including phenoxy) is 2. The van der Waals surface area contributed by atoms with Gasteiger partial charge in [0.25, 0.3) is 0 Å². The number of benzene rings is 2. The molecule has 1 heterocycles. The van der Waals surface area contributed by atoms with Crippen molar-refractivity contribution >= 4 is 10.9 Å². The fourth-order valence-corrected chi connectivity index (χ4v) is 2.67. The van der Waals surface area contributed by atoms with E-state index in [0.29, 0.717) is 34.7 Å². The van der Waals surface area contributed by atoms with Crippen molar-refractivity contribution in [2.24, 2.45) is 0 Å². The second-order valence-electron chi connectivity index (χ2n) is 5.38. The Morgan fingerprint density at radius 1 is 1.08 bits per heavy atom. The fourth-order valence-electron chi connectivity index (χ4n) is 2.67. The van der Waals surface area contributed by atoms with Gasteiger partial charge < -0.3 is 14.5 Å². The lowest BCUT2D eigenvalue weighted by molar-refractivity contribution is 0.320. The molecule has 0 fully saturated rings. The molecule has 0 radical (unpaired) electrons. The van der Waals surface area contributed by atoms with E-state index in [2.05, 4.69) is 4.98 Å². The highest BCUT2D eigenvalue weighted by molar-refractivity contribution is 5.89. The van der Waals surface area contributed by atoms with Crippen molar-refractivity contribution in [2.45, 2.75) is 13.3 Å². The predicted molar refractivity (Wildman–Crippen MR) is 92.3 cm³/mol. The highest BCUT2D eigenvalue weighted by Crippen LogP contribution is 2.30. The van der Waals surface area contributed by atoms with Crippen LogP contribution in [0.3, 0.4) is 0 Å². The Labute approximate surface area is 138 Å². The summed E-state index contributed by atoms with van der Waals surface area (Å²) in [5, 5.41) is -0.00740. The largest absolute Gasteiger partial charge is 0.496 e. The Morgan fingerprint density at radius 3 is 2.62 bits per heavy atom. The average molecular weight is 327 g/mol. The molecular formula is C19H18FNO3. The molecule has 0 aliphatic rings. The fraction of sp³-hybridized carbons (Fsp3) is 0.211. The molecule has 0 amide bonds. The number of hydrogen-bond donors (Lipinski definition) is 1. The van der Waals surface area contributed by atoms with Crippen LogP contribution < -0.4 is 14.9 Å². The summed E-state index contributed by atoms with van der Waals surface area (Å²) in [6.07, 6.45) is 2.39. The summed E-state index contributed by atoms with van der Waals surface area (Å²) in [6.45, 7) is 2.48. The van der Waals surface area contributed by atoms with Gasteiger partial charge in [-0.25, -0.2) is 4.39 Å². The number of halogens is 1. The summed E-state index contributed by atoms with van der Waals surface area (Å²) in [7, 11) is 1.53. The summed E-state index contributed by atoms with van der Waals surface area (Å²) in [5.41, 5.74) is 0.939. The van der Waals surface area contributed by atoms with Crippen molar-refractivity contribution in [1.29, 1.82) is 0 Å². The molecule has 24 heavy (non-hydrogen) atoms. The number of nitrogens with one attached hydrogen (secondary N) is 1. The average Bonchev–Trinajstić information content (AvgIpc) is 2.61. The maximum atomic E-state index is 14.3. The SMILES string of the molecule is CCCOc1ccc(F)c2c(=O)c(-c3ccccc3OC)c[nH]c12. The highest BCUT2D eigenvalue weighted by atomic mass is 19.1. The maximum absolute atomic E-state index is 14.3. The van der Waals surface area contributed by atoms with Crippen molar-refractivity contribution in [3.05, 3.63) is 58.6 Å². The van der Waals surface area contributed by atoms with Crippen LogP contribution in [0.5, 0.6) is 11.5 Å². The van der Waals surface area contributed by atoms with Crippen molar-refractivity contribution in [3.63, 3.8) is 0 Å². The molecule has 1 N–H and O–H groups in total. The zero-order valence-corrected chi connectivity index (χ0v) is 13.6. The number of hydrogen-bond acceptors (Lipinski definition) is 3. The number of para-hydroxylation sites is 1. The molecule has 0 bridgehead atoms. The molecule has 3 aromatic rings. The van der Waals surface area contributed by atoms with E-state index in [4.69, 9.17) is 9.47 Å². The molecule has 124 valence electrons. The molecule has 3 rings (SSSR count). The van der Waals surface area contributed by atoms with Gasteiger partial charge in [-0.3, -0.25) is 4.79 Å². The normalized spacial score (nSPS) is 10.8. The molecular weight excluding hydrogens is 309 g/mol. The minimum absolute atomic E-state index is 0.00740. The third kappa shape index (κ3) is 2.73. The van der Waals surface area contributed by atoms with Crippen molar-refractivity contribution in [1.82, 2.24) is 4.98 Å². The van der Waals surface area contributed by atoms with Crippen LogP contribution in [0.25, 0.3) is 22.0 Å². The lowest BCUT2D eigenvalue weighted by Gasteiger charge is -2.11. The molecule has 0 unspecified atom stereocenters. The van der Waals surface area contributed by atoms with E-state index in [9.17, 15) is 9.18 Å². The van der Waals surface area contributed by atoms with Gasteiger partial charge in [-0.1, -0.05) is 25.1 Å². The van der Waals surface area contributed by atoms with Crippen LogP contribution in [0.4, 0.5) is 4.39 Å². The summed E-state index contributed by atoms with van der Waals surface area (Å²) < 4.78 is 25.2. The molecule has 0 saturated carbocycles. The first-order chi connectivity index (χ1) is 11.7. The van der Waals surface area contributed by atoms with E-state index in [-0.39, 0.29) is 5.39 Å². The highest BCUT2D eigenvalue weighted by Gasteiger charge is 2.16. The molecule has 0 aliphatic heterocycles. The van der Waals surface area contributed by atoms with E-state index in [1.807, 2.05) is 13.0 Å². The number of fused-ring (bicyclic) bond motifs is 1. The molecule has 0 saturated heterocycles. The summed E-state index contributed by atoms with van der Waals surface area (Å²) in [5.74, 6) is 0.449. The van der Waals surface area contributed by atoms with Gasteiger partial charge in [-0.05, 0) is 24.6 Å². The first kappa shape index (κ1) is 16.1. The number of pyridine rings is 1. The third-order valence-electron chi connectivity index (χ3n) is 3.81. The standard InChI is InChI=1S/C19H18FNO3/c1-3-10-24-16-9-8-14(20)17-18(16)21-11-13(19(17)22)12-6-4-5-7-15(12)23-2/h4-9,11H,3,10H2,1-2H3,(H,21,22). The minimum Gasteiger partial charge on any atom is -0.496 e. The van der Waals surface area contributed by atoms with Crippen LogP contribution in [0.2, 0.25) is 0 Å². The smallest absolute Gasteiger partial charge is 0.200 e. The minimum atomic E-state index is -0.577. The van der Waals surface area contributed by atoms with Crippen LogP contribution in [0.1, 0.15) is 13.3 Å². The summed E-state index contributed by atoms with van der Waals surface area (Å²) in [4.78, 5) is 15.9. The van der Waals surface area contributed by atoms with Gasteiger partial charge in [0.15, 0.2) is 5.43 Å². The van der Waals surface area contributed by atoms with Gasteiger partial charge >= 0.3 is 0 Å². The second-order valence-corrected chi connectivity index (χ2v) is 5.38. The first-order valence-corrected chi connectivity index (χ1v) is 7.77. The molecule has 2 aromatic carbocycles. The van der Waals surface area contributed by atoms with Crippen LogP contribution in [0.15, 0.2) is 47.4 Å². The van der Waals surface area contributed by atoms with Crippen LogP contribution in [0, 0.1) is 5.82 Å². The lowest BCUT2D eigenvalue weighted by Crippen LogP contribution is -2.10. The first-order valence-electron chi connectivity index (χ1n) is 7.77. The predicted octanol–water partition coefficient (Wildman–Crippen LogP) is 4.13. The van der Waals surface area contributed by atoms with Crippen LogP contribution in [-0.4, -0.2) is 18.7 Å². The molecule has 0 aliphatic carbocycles. The maximum Gasteiger partial charge on any atom is 0.200 e. The van der Waals surface area contributed by atoms with Gasteiger partial charge in [-0.15, -0.1) is 0 Å². The van der Waals surface area contributed by atoms with Gasteiger partial charge in [0.2, 0.25) is 0 Å². The lowest BCUT2D eigenvalue weighted by atomic mass is 10.0. The number of methoxy groups -OCH3 is 1.